The summed E-state index contributed by atoms with van der Waals surface area (Å²) in [6.45, 7) is 8.21. The first-order valence-corrected chi connectivity index (χ1v) is 8.42. The number of anilines is 2. The SMILES string of the molecule is CN(C)C1CCN(c2cc(OC(N)=O)c(N)c(C(C)(C)C)c2)CC1. The van der Waals surface area contributed by atoms with Gasteiger partial charge in [-0.2, -0.15) is 0 Å². The molecule has 6 nitrogen and oxygen atoms in total. The van der Waals surface area contributed by atoms with Gasteiger partial charge in [-0.1, -0.05) is 20.8 Å². The quantitative estimate of drug-likeness (QED) is 0.830. The molecule has 6 heteroatoms. The lowest BCUT2D eigenvalue weighted by molar-refractivity contribution is 0.211. The fourth-order valence-electron chi connectivity index (χ4n) is 3.25. The monoisotopic (exact) mass is 334 g/mol. The summed E-state index contributed by atoms with van der Waals surface area (Å²) >= 11 is 0. The van der Waals surface area contributed by atoms with Gasteiger partial charge in [-0.15, -0.1) is 0 Å². The van der Waals surface area contributed by atoms with Crippen molar-refractivity contribution in [2.45, 2.75) is 45.1 Å². The Morgan fingerprint density at radius 3 is 2.29 bits per heavy atom. The Hall–Kier alpha value is -1.95. The van der Waals surface area contributed by atoms with Crippen LogP contribution in [0.4, 0.5) is 16.2 Å². The van der Waals surface area contributed by atoms with Crippen LogP contribution in [0.3, 0.4) is 0 Å². The average molecular weight is 334 g/mol. The highest BCUT2D eigenvalue weighted by Gasteiger charge is 2.25. The van der Waals surface area contributed by atoms with Crippen LogP contribution in [-0.4, -0.2) is 44.2 Å². The third-order valence-electron chi connectivity index (χ3n) is 4.71. The van der Waals surface area contributed by atoms with E-state index in [1.807, 2.05) is 6.07 Å². The van der Waals surface area contributed by atoms with Gasteiger partial charge in [0.25, 0.3) is 0 Å². The minimum Gasteiger partial charge on any atom is -0.408 e. The first-order chi connectivity index (χ1) is 11.1. The molecule has 1 heterocycles. The molecule has 1 fully saturated rings. The maximum Gasteiger partial charge on any atom is 0.410 e. The van der Waals surface area contributed by atoms with Crippen LogP contribution in [0.5, 0.6) is 5.75 Å². The number of benzene rings is 1. The van der Waals surface area contributed by atoms with Crippen LogP contribution in [0.1, 0.15) is 39.2 Å². The van der Waals surface area contributed by atoms with E-state index < -0.39 is 6.09 Å². The summed E-state index contributed by atoms with van der Waals surface area (Å²) in [6.07, 6.45) is 1.37. The Morgan fingerprint density at radius 2 is 1.83 bits per heavy atom. The summed E-state index contributed by atoms with van der Waals surface area (Å²) in [5.74, 6) is 0.347. The lowest BCUT2D eigenvalue weighted by Crippen LogP contribution is -2.42. The van der Waals surface area contributed by atoms with Crippen LogP contribution < -0.4 is 21.1 Å². The van der Waals surface area contributed by atoms with E-state index in [9.17, 15) is 4.79 Å². The van der Waals surface area contributed by atoms with Crippen LogP contribution >= 0.6 is 0 Å². The summed E-state index contributed by atoms with van der Waals surface area (Å²) < 4.78 is 5.15. The molecule has 24 heavy (non-hydrogen) atoms. The van der Waals surface area contributed by atoms with Gasteiger partial charge in [0.1, 0.15) is 0 Å². The summed E-state index contributed by atoms with van der Waals surface area (Å²) in [5, 5.41) is 0. The molecule has 0 saturated carbocycles. The predicted molar refractivity (Wildman–Crippen MR) is 98.7 cm³/mol. The van der Waals surface area contributed by atoms with Gasteiger partial charge >= 0.3 is 6.09 Å². The van der Waals surface area contributed by atoms with E-state index in [1.54, 1.807) is 0 Å². The van der Waals surface area contributed by atoms with Gasteiger partial charge in [0.2, 0.25) is 0 Å². The second kappa shape index (κ2) is 6.89. The van der Waals surface area contributed by atoms with Crippen LogP contribution in [0.15, 0.2) is 12.1 Å². The number of hydrogen-bond donors (Lipinski definition) is 2. The van der Waals surface area contributed by atoms with Crippen LogP contribution in [0.25, 0.3) is 0 Å². The van der Waals surface area contributed by atoms with Crippen LogP contribution in [-0.2, 0) is 5.41 Å². The molecule has 0 radical (unpaired) electrons. The number of nitrogen functional groups attached to an aromatic ring is 1. The van der Waals surface area contributed by atoms with Gasteiger partial charge in [0, 0.05) is 30.9 Å². The van der Waals surface area contributed by atoms with Crippen molar-refractivity contribution in [2.24, 2.45) is 5.73 Å². The van der Waals surface area contributed by atoms with E-state index in [4.69, 9.17) is 16.2 Å². The van der Waals surface area contributed by atoms with Crippen molar-refractivity contribution >= 4 is 17.5 Å². The lowest BCUT2D eigenvalue weighted by Gasteiger charge is -2.37. The molecule has 134 valence electrons. The molecule has 1 aromatic rings. The molecule has 1 amide bonds. The molecule has 1 aliphatic rings. The molecule has 2 rings (SSSR count). The third kappa shape index (κ3) is 4.12. The zero-order valence-corrected chi connectivity index (χ0v) is 15.4. The highest BCUT2D eigenvalue weighted by atomic mass is 16.5. The predicted octanol–water partition coefficient (Wildman–Crippen LogP) is 2.55. The number of nitrogens with zero attached hydrogens (tertiary/aromatic N) is 2. The fraction of sp³-hybridized carbons (Fsp3) is 0.611. The highest BCUT2D eigenvalue weighted by molar-refractivity contribution is 5.75. The van der Waals surface area contributed by atoms with Gasteiger partial charge in [-0.25, -0.2) is 4.79 Å². The zero-order valence-electron chi connectivity index (χ0n) is 15.4. The molecule has 1 aliphatic heterocycles. The van der Waals surface area contributed by atoms with Crippen molar-refractivity contribution in [2.75, 3.05) is 37.8 Å². The van der Waals surface area contributed by atoms with Crippen molar-refractivity contribution in [3.8, 4) is 5.75 Å². The van der Waals surface area contributed by atoms with E-state index >= 15 is 0 Å². The standard InChI is InChI=1S/C18H30N4O2/c1-18(2,3)14-10-13(11-15(16(14)19)24-17(20)23)22-8-6-12(7-9-22)21(4)5/h10-12H,6-9,19H2,1-5H3,(H2,20,23). The number of piperidine rings is 1. The van der Waals surface area contributed by atoms with E-state index in [0.717, 1.165) is 37.2 Å². The number of ether oxygens (including phenoxy) is 1. The van der Waals surface area contributed by atoms with Gasteiger partial charge in [-0.05, 0) is 44.0 Å². The number of carbonyl (C=O) groups is 1. The topological polar surface area (TPSA) is 84.8 Å². The first kappa shape index (κ1) is 18.4. The molecule has 0 unspecified atom stereocenters. The van der Waals surface area contributed by atoms with Gasteiger partial charge in [0.15, 0.2) is 5.75 Å². The normalized spacial score (nSPS) is 16.5. The largest absolute Gasteiger partial charge is 0.410 e. The molecular formula is C18H30N4O2. The van der Waals surface area contributed by atoms with Crippen molar-refractivity contribution in [1.29, 1.82) is 0 Å². The maximum atomic E-state index is 11.2. The van der Waals surface area contributed by atoms with Crippen molar-refractivity contribution in [3.63, 3.8) is 0 Å². The van der Waals surface area contributed by atoms with Crippen molar-refractivity contribution in [1.82, 2.24) is 4.90 Å². The molecule has 0 aliphatic carbocycles. The summed E-state index contributed by atoms with van der Waals surface area (Å²) in [5.41, 5.74) is 13.7. The smallest absolute Gasteiger partial charge is 0.408 e. The lowest BCUT2D eigenvalue weighted by atomic mass is 9.85. The maximum absolute atomic E-state index is 11.2. The van der Waals surface area contributed by atoms with Gasteiger partial charge in [0.05, 0.1) is 5.69 Å². The second-order valence-electron chi connectivity index (χ2n) is 7.76. The zero-order chi connectivity index (χ0) is 18.1. The van der Waals surface area contributed by atoms with Gasteiger partial charge < -0.3 is 26.0 Å². The Bertz CT molecular complexity index is 600. The summed E-state index contributed by atoms with van der Waals surface area (Å²) in [7, 11) is 4.25. The highest BCUT2D eigenvalue weighted by Crippen LogP contribution is 2.39. The summed E-state index contributed by atoms with van der Waals surface area (Å²) in [4.78, 5) is 15.8. The van der Waals surface area contributed by atoms with Crippen LogP contribution in [0.2, 0.25) is 0 Å². The molecule has 0 bridgehead atoms. The Labute approximate surface area is 144 Å². The number of carbonyl (C=O) groups excluding carboxylic acids is 1. The van der Waals surface area contributed by atoms with E-state index in [0.29, 0.717) is 17.5 Å². The average Bonchev–Trinajstić information content (AvgIpc) is 2.47. The first-order valence-electron chi connectivity index (χ1n) is 8.42. The number of rotatable bonds is 3. The molecule has 4 N–H and O–H groups in total. The minimum atomic E-state index is -0.843. The summed E-state index contributed by atoms with van der Waals surface area (Å²) in [6, 6.07) is 4.54. The Balaban J connectivity index is 2.34. The molecule has 1 saturated heterocycles. The second-order valence-corrected chi connectivity index (χ2v) is 7.76. The van der Waals surface area contributed by atoms with E-state index in [-0.39, 0.29) is 5.41 Å². The Morgan fingerprint density at radius 1 is 1.25 bits per heavy atom. The molecule has 0 spiro atoms. The van der Waals surface area contributed by atoms with Crippen molar-refractivity contribution < 1.29 is 9.53 Å². The van der Waals surface area contributed by atoms with Gasteiger partial charge in [-0.3, -0.25) is 0 Å². The number of hydrogen-bond acceptors (Lipinski definition) is 5. The molecule has 0 atom stereocenters. The number of primary amides is 1. The fourth-order valence-corrected chi connectivity index (χ4v) is 3.25. The van der Waals surface area contributed by atoms with E-state index in [2.05, 4.69) is 50.7 Å². The Kier molecular flexibility index (Phi) is 5.28. The van der Waals surface area contributed by atoms with Crippen LogP contribution in [0, 0.1) is 0 Å². The molecule has 0 aromatic heterocycles. The molecule has 1 aromatic carbocycles. The number of amides is 1. The van der Waals surface area contributed by atoms with E-state index in [1.165, 1.54) is 0 Å². The molecular weight excluding hydrogens is 304 g/mol. The minimum absolute atomic E-state index is 0.155. The van der Waals surface area contributed by atoms with Crippen molar-refractivity contribution in [3.05, 3.63) is 17.7 Å². The number of nitrogens with two attached hydrogens (primary N) is 2. The third-order valence-corrected chi connectivity index (χ3v) is 4.71.